The predicted octanol–water partition coefficient (Wildman–Crippen LogP) is 2.57. The van der Waals surface area contributed by atoms with Crippen molar-refractivity contribution in [2.75, 3.05) is 0 Å². The maximum absolute atomic E-state index is 7.72. The van der Waals surface area contributed by atoms with Gasteiger partial charge in [0.25, 0.3) is 0 Å². The lowest BCUT2D eigenvalue weighted by atomic mass is 10.0. The molecule has 2 atom stereocenters. The van der Waals surface area contributed by atoms with E-state index in [0.29, 0.717) is 11.8 Å². The number of alkyl halides is 1. The average Bonchev–Trinajstić information content (AvgIpc) is 2.39. The molecule has 2 fully saturated rings. The van der Waals surface area contributed by atoms with Gasteiger partial charge in [-0.25, -0.2) is 0 Å². The van der Waals surface area contributed by atoms with Crippen molar-refractivity contribution >= 4 is 15.9 Å². The molecule has 0 radical (unpaired) electrons. The predicted molar refractivity (Wildman–Crippen MR) is 38.2 cm³/mol. The van der Waals surface area contributed by atoms with Crippen molar-refractivity contribution in [3.05, 3.63) is 0 Å². The molecule has 0 aliphatic heterocycles. The van der Waals surface area contributed by atoms with Gasteiger partial charge in [-0.15, -0.1) is 0 Å². The normalized spacial score (nSPS) is 63.9. The molecule has 8 heavy (non-hydrogen) atoms. The van der Waals surface area contributed by atoms with Crippen LogP contribution in [0.4, 0.5) is 0 Å². The van der Waals surface area contributed by atoms with Gasteiger partial charge in [-0.3, -0.25) is 0 Å². The number of hydrogen-bond donors (Lipinski definition) is 0. The molecule has 2 unspecified atom stereocenters. The zero-order chi connectivity index (χ0) is 6.48. The van der Waals surface area contributed by atoms with Gasteiger partial charge in [0.05, 0.1) is 0 Å². The van der Waals surface area contributed by atoms with Crippen LogP contribution in [0.15, 0.2) is 0 Å². The van der Waals surface area contributed by atoms with Gasteiger partial charge in [0.15, 0.2) is 0 Å². The number of rotatable bonds is 0. The van der Waals surface area contributed by atoms with Crippen molar-refractivity contribution in [3.63, 3.8) is 0 Å². The van der Waals surface area contributed by atoms with Gasteiger partial charge < -0.3 is 0 Å². The van der Waals surface area contributed by atoms with E-state index in [9.17, 15) is 0 Å². The largest absolute Gasteiger partial charge is 0.0884 e. The van der Waals surface area contributed by atoms with Crippen LogP contribution in [0.5, 0.6) is 0 Å². The summed E-state index contributed by atoms with van der Waals surface area (Å²) < 4.78 is 7.72. The van der Waals surface area contributed by atoms with Crippen LogP contribution in [0.3, 0.4) is 0 Å². The van der Waals surface area contributed by atoms with Crippen molar-refractivity contribution in [1.29, 1.82) is 0 Å². The minimum atomic E-state index is -0.191. The van der Waals surface area contributed by atoms with Crippen LogP contribution in [0.25, 0.3) is 0 Å². The summed E-state index contributed by atoms with van der Waals surface area (Å²) in [7, 11) is 0. The molecule has 0 N–H and O–H groups in total. The first-order chi connectivity index (χ1) is 4.23. The first-order valence-corrected chi connectivity index (χ1v) is 4.21. The minimum absolute atomic E-state index is 0.191. The van der Waals surface area contributed by atoms with Crippen molar-refractivity contribution in [2.45, 2.75) is 30.5 Å². The van der Waals surface area contributed by atoms with Gasteiger partial charge in [-0.1, -0.05) is 28.8 Å². The van der Waals surface area contributed by atoms with E-state index >= 15 is 0 Å². The molecular formula is C7H11Br. The molecule has 0 heterocycles. The zero-order valence-electron chi connectivity index (χ0n) is 5.86. The smallest absolute Gasteiger partial charge is 0.0429 e. The summed E-state index contributed by atoms with van der Waals surface area (Å²) in [6.45, 7) is 0. The molecule has 0 saturated heterocycles. The maximum Gasteiger partial charge on any atom is 0.0429 e. The Morgan fingerprint density at radius 1 is 1.25 bits per heavy atom. The second kappa shape index (κ2) is 1.73. The van der Waals surface area contributed by atoms with Crippen LogP contribution in [-0.4, -0.2) is 4.80 Å². The third kappa shape index (κ3) is 0.637. The summed E-state index contributed by atoms with van der Waals surface area (Å²) in [4.78, 5) is -0.191. The number of fused-ring (bicyclic) bond motifs is 1. The number of halogens is 1. The number of hydrogen-bond acceptors (Lipinski definition) is 0. The van der Waals surface area contributed by atoms with E-state index in [1.807, 2.05) is 0 Å². The lowest BCUT2D eigenvalue weighted by Gasteiger charge is -2.04. The summed E-state index contributed by atoms with van der Waals surface area (Å²) in [5.74, 6) is 1.40. The molecule has 2 aliphatic rings. The van der Waals surface area contributed by atoms with Crippen LogP contribution in [0.1, 0.15) is 27.1 Å². The lowest BCUT2D eigenvalue weighted by molar-refractivity contribution is 0.480. The van der Waals surface area contributed by atoms with Crippen molar-refractivity contribution in [1.82, 2.24) is 0 Å². The van der Waals surface area contributed by atoms with E-state index in [-0.39, 0.29) is 4.80 Å². The second-order valence-electron chi connectivity index (χ2n) is 2.88. The van der Waals surface area contributed by atoms with Gasteiger partial charge in [-0.05, 0) is 24.7 Å². The lowest BCUT2D eigenvalue weighted by Crippen LogP contribution is -1.91. The summed E-state index contributed by atoms with van der Waals surface area (Å²) >= 11 is 3.45. The molecule has 1 heteroatoms. The van der Waals surface area contributed by atoms with E-state index in [1.54, 1.807) is 0 Å². The SMILES string of the molecule is [2H]C1(Br)C2CCCCC21. The van der Waals surface area contributed by atoms with Crippen LogP contribution in [0, 0.1) is 11.8 Å². The van der Waals surface area contributed by atoms with Crippen LogP contribution in [-0.2, 0) is 0 Å². The Bertz CT molecular complexity index is 119. The average molecular weight is 176 g/mol. The summed E-state index contributed by atoms with van der Waals surface area (Å²) in [6, 6.07) is 0. The standard InChI is InChI=1S/C7H11Br/c8-7-5-3-1-2-4-6(5)7/h5-7H,1-4H2/i7D. The fourth-order valence-corrected chi connectivity index (χ4v) is 2.71. The molecule has 0 bridgehead atoms. The van der Waals surface area contributed by atoms with Crippen LogP contribution in [0.2, 0.25) is 0 Å². The first kappa shape index (κ1) is 4.32. The molecule has 0 aromatic carbocycles. The van der Waals surface area contributed by atoms with Gasteiger partial charge in [0.2, 0.25) is 0 Å². The van der Waals surface area contributed by atoms with Gasteiger partial charge in [-0.2, -0.15) is 0 Å². The monoisotopic (exact) mass is 175 g/mol. The van der Waals surface area contributed by atoms with E-state index in [0.717, 1.165) is 0 Å². The van der Waals surface area contributed by atoms with Crippen molar-refractivity contribution in [3.8, 4) is 0 Å². The highest BCUT2D eigenvalue weighted by Crippen LogP contribution is 2.54. The molecular weight excluding hydrogens is 164 g/mol. The molecule has 0 aromatic rings. The van der Waals surface area contributed by atoms with E-state index in [1.165, 1.54) is 25.7 Å². The Labute approximate surface area is 60.2 Å². The molecule has 0 aromatic heterocycles. The summed E-state index contributed by atoms with van der Waals surface area (Å²) in [5.41, 5.74) is 0. The Kier molecular flexibility index (Phi) is 0.933. The minimum Gasteiger partial charge on any atom is -0.0884 e. The van der Waals surface area contributed by atoms with Gasteiger partial charge in [0, 0.05) is 6.17 Å². The highest BCUT2D eigenvalue weighted by atomic mass is 79.9. The quantitative estimate of drug-likeness (QED) is 0.497. The third-order valence-corrected chi connectivity index (χ3v) is 3.54. The van der Waals surface area contributed by atoms with Gasteiger partial charge in [0.1, 0.15) is 0 Å². The Morgan fingerprint density at radius 2 is 1.75 bits per heavy atom. The molecule has 46 valence electrons. The zero-order valence-corrected chi connectivity index (χ0v) is 6.45. The highest BCUT2D eigenvalue weighted by molar-refractivity contribution is 9.09. The maximum atomic E-state index is 7.72. The molecule has 2 aliphatic carbocycles. The summed E-state index contributed by atoms with van der Waals surface area (Å²) in [5, 5.41) is 0. The first-order valence-electron chi connectivity index (χ1n) is 3.92. The molecule has 0 nitrogen and oxygen atoms in total. The molecule has 0 amide bonds. The molecule has 2 rings (SSSR count). The molecule has 2 saturated carbocycles. The van der Waals surface area contributed by atoms with E-state index in [2.05, 4.69) is 15.9 Å². The summed E-state index contributed by atoms with van der Waals surface area (Å²) in [6.07, 6.45) is 5.29. The van der Waals surface area contributed by atoms with Crippen LogP contribution < -0.4 is 0 Å². The van der Waals surface area contributed by atoms with Crippen molar-refractivity contribution in [2.24, 2.45) is 11.8 Å². The van der Waals surface area contributed by atoms with Crippen molar-refractivity contribution < 1.29 is 1.37 Å². The molecule has 0 spiro atoms. The Morgan fingerprint density at radius 3 is 2.12 bits per heavy atom. The van der Waals surface area contributed by atoms with E-state index in [4.69, 9.17) is 1.37 Å². The van der Waals surface area contributed by atoms with Crippen LogP contribution >= 0.6 is 15.9 Å². The fraction of sp³-hybridized carbons (Fsp3) is 1.00. The highest BCUT2D eigenvalue weighted by Gasteiger charge is 2.48. The Hall–Kier alpha value is 0.480. The fourth-order valence-electron chi connectivity index (χ4n) is 1.75. The van der Waals surface area contributed by atoms with Gasteiger partial charge >= 0.3 is 0 Å². The topological polar surface area (TPSA) is 0 Å². The third-order valence-electron chi connectivity index (χ3n) is 2.37. The second-order valence-corrected chi connectivity index (χ2v) is 3.80. The Balaban J connectivity index is 2.06. The van der Waals surface area contributed by atoms with E-state index < -0.39 is 0 Å².